The molecular weight excluding hydrogens is 210 g/mol. The predicted molar refractivity (Wildman–Crippen MR) is 70.6 cm³/mol. The van der Waals surface area contributed by atoms with E-state index in [1.807, 2.05) is 0 Å². The lowest BCUT2D eigenvalue weighted by Crippen LogP contribution is -2.13. The van der Waals surface area contributed by atoms with Crippen molar-refractivity contribution in [1.82, 2.24) is 4.57 Å². The highest BCUT2D eigenvalue weighted by atomic mass is 16.1. The topological polar surface area (TPSA) is 22.0 Å². The summed E-state index contributed by atoms with van der Waals surface area (Å²) in [6.45, 7) is 8.52. The van der Waals surface area contributed by atoms with E-state index in [4.69, 9.17) is 0 Å². The molecule has 0 aromatic carbocycles. The molecule has 1 aliphatic carbocycles. The molecule has 1 aliphatic rings. The molecule has 2 rings (SSSR count). The van der Waals surface area contributed by atoms with E-state index >= 15 is 0 Å². The second-order valence-electron chi connectivity index (χ2n) is 5.59. The molecule has 0 radical (unpaired) electrons. The Labute approximate surface area is 104 Å². The predicted octanol–water partition coefficient (Wildman–Crippen LogP) is 4.06. The van der Waals surface area contributed by atoms with Crippen molar-refractivity contribution in [2.75, 3.05) is 0 Å². The standard InChI is InChI=1S/C15H23NO/c1-10(2)16-11(3)9-14(12(16)4)15(17)13-7-5-6-8-13/h9-10,13H,5-8H2,1-4H3. The fourth-order valence-corrected chi connectivity index (χ4v) is 3.23. The number of Topliss-reactive ketones (excluding diaryl/α,β-unsaturated/α-hetero) is 1. The van der Waals surface area contributed by atoms with E-state index in [-0.39, 0.29) is 5.92 Å². The van der Waals surface area contributed by atoms with Crippen LogP contribution in [0.5, 0.6) is 0 Å². The first-order valence-electron chi connectivity index (χ1n) is 6.75. The Morgan fingerprint density at radius 3 is 2.35 bits per heavy atom. The summed E-state index contributed by atoms with van der Waals surface area (Å²) in [5.41, 5.74) is 3.32. The van der Waals surface area contributed by atoms with Gasteiger partial charge in [-0.3, -0.25) is 4.79 Å². The molecule has 0 saturated heterocycles. The third-order valence-electron chi connectivity index (χ3n) is 3.99. The third kappa shape index (κ3) is 2.18. The Balaban J connectivity index is 2.32. The average Bonchev–Trinajstić information content (AvgIpc) is 2.85. The van der Waals surface area contributed by atoms with Gasteiger partial charge < -0.3 is 4.57 Å². The van der Waals surface area contributed by atoms with E-state index in [0.29, 0.717) is 11.8 Å². The lowest BCUT2D eigenvalue weighted by molar-refractivity contribution is 0.0922. The second kappa shape index (κ2) is 4.67. The highest BCUT2D eigenvalue weighted by Gasteiger charge is 2.26. The molecule has 1 aromatic heterocycles. The van der Waals surface area contributed by atoms with E-state index in [2.05, 4.69) is 38.3 Å². The first-order valence-corrected chi connectivity index (χ1v) is 6.75. The monoisotopic (exact) mass is 233 g/mol. The molecule has 0 aliphatic heterocycles. The van der Waals surface area contributed by atoms with Crippen LogP contribution in [-0.2, 0) is 0 Å². The number of ketones is 1. The van der Waals surface area contributed by atoms with Crippen molar-refractivity contribution in [2.45, 2.75) is 59.4 Å². The molecular formula is C15H23NO. The van der Waals surface area contributed by atoms with Gasteiger partial charge in [-0.25, -0.2) is 0 Å². The average molecular weight is 233 g/mol. The zero-order valence-electron chi connectivity index (χ0n) is 11.4. The van der Waals surface area contributed by atoms with Crippen molar-refractivity contribution in [2.24, 2.45) is 5.92 Å². The number of aryl methyl sites for hydroxylation is 1. The molecule has 2 heteroatoms. The van der Waals surface area contributed by atoms with Crippen LogP contribution in [0.3, 0.4) is 0 Å². The fourth-order valence-electron chi connectivity index (χ4n) is 3.23. The van der Waals surface area contributed by atoms with Gasteiger partial charge in [0.25, 0.3) is 0 Å². The quantitative estimate of drug-likeness (QED) is 0.722. The third-order valence-corrected chi connectivity index (χ3v) is 3.99. The smallest absolute Gasteiger partial charge is 0.167 e. The van der Waals surface area contributed by atoms with Crippen LogP contribution >= 0.6 is 0 Å². The Kier molecular flexibility index (Phi) is 3.41. The lowest BCUT2D eigenvalue weighted by atomic mass is 9.96. The van der Waals surface area contributed by atoms with Gasteiger partial charge in [0, 0.05) is 28.9 Å². The SMILES string of the molecule is Cc1cc(C(=O)C2CCCC2)c(C)n1C(C)C. The van der Waals surface area contributed by atoms with Crippen molar-refractivity contribution >= 4 is 5.78 Å². The number of rotatable bonds is 3. The van der Waals surface area contributed by atoms with Crippen molar-refractivity contribution < 1.29 is 4.79 Å². The molecule has 94 valence electrons. The van der Waals surface area contributed by atoms with Gasteiger partial charge in [-0.2, -0.15) is 0 Å². The van der Waals surface area contributed by atoms with Crippen molar-refractivity contribution in [1.29, 1.82) is 0 Å². The Bertz CT molecular complexity index is 422. The first kappa shape index (κ1) is 12.4. The van der Waals surface area contributed by atoms with Gasteiger partial charge in [-0.15, -0.1) is 0 Å². The van der Waals surface area contributed by atoms with Gasteiger partial charge in [0.2, 0.25) is 0 Å². The minimum absolute atomic E-state index is 0.288. The van der Waals surface area contributed by atoms with E-state index in [9.17, 15) is 4.79 Å². The number of carbonyl (C=O) groups excluding carboxylic acids is 1. The highest BCUT2D eigenvalue weighted by Crippen LogP contribution is 2.30. The lowest BCUT2D eigenvalue weighted by Gasteiger charge is -2.14. The molecule has 17 heavy (non-hydrogen) atoms. The van der Waals surface area contributed by atoms with Crippen LogP contribution in [0.15, 0.2) is 6.07 Å². The van der Waals surface area contributed by atoms with Crippen LogP contribution in [0.1, 0.15) is 67.3 Å². The molecule has 1 aromatic rings. The Morgan fingerprint density at radius 2 is 1.88 bits per heavy atom. The van der Waals surface area contributed by atoms with Crippen molar-refractivity contribution in [3.8, 4) is 0 Å². The maximum atomic E-state index is 12.4. The van der Waals surface area contributed by atoms with Crippen LogP contribution in [0.25, 0.3) is 0 Å². The summed E-state index contributed by atoms with van der Waals surface area (Å²) in [7, 11) is 0. The Morgan fingerprint density at radius 1 is 1.29 bits per heavy atom. The number of hydrogen-bond donors (Lipinski definition) is 0. The van der Waals surface area contributed by atoms with Gasteiger partial charge in [0.05, 0.1) is 0 Å². The zero-order valence-corrected chi connectivity index (χ0v) is 11.4. The maximum absolute atomic E-state index is 12.4. The second-order valence-corrected chi connectivity index (χ2v) is 5.59. The van der Waals surface area contributed by atoms with E-state index in [0.717, 1.165) is 24.1 Å². The summed E-state index contributed by atoms with van der Waals surface area (Å²) in [4.78, 5) is 12.4. The molecule has 0 bridgehead atoms. The summed E-state index contributed by atoms with van der Waals surface area (Å²) in [5.74, 6) is 0.665. The number of carbonyl (C=O) groups is 1. The Hall–Kier alpha value is -1.05. The highest BCUT2D eigenvalue weighted by molar-refractivity contribution is 5.99. The molecule has 1 fully saturated rings. The zero-order chi connectivity index (χ0) is 12.6. The van der Waals surface area contributed by atoms with E-state index in [1.54, 1.807) is 0 Å². The summed E-state index contributed by atoms with van der Waals surface area (Å²) in [5, 5.41) is 0. The van der Waals surface area contributed by atoms with E-state index < -0.39 is 0 Å². The number of nitrogens with zero attached hydrogens (tertiary/aromatic N) is 1. The van der Waals surface area contributed by atoms with Crippen LogP contribution in [0.2, 0.25) is 0 Å². The molecule has 0 atom stereocenters. The van der Waals surface area contributed by atoms with Crippen molar-refractivity contribution in [3.05, 3.63) is 23.0 Å². The minimum atomic E-state index is 0.288. The van der Waals surface area contributed by atoms with Crippen molar-refractivity contribution in [3.63, 3.8) is 0 Å². The first-order chi connectivity index (χ1) is 8.02. The maximum Gasteiger partial charge on any atom is 0.167 e. The molecule has 2 nitrogen and oxygen atoms in total. The van der Waals surface area contributed by atoms with Crippen LogP contribution in [0.4, 0.5) is 0 Å². The van der Waals surface area contributed by atoms with Crippen LogP contribution in [0, 0.1) is 19.8 Å². The molecule has 0 N–H and O–H groups in total. The van der Waals surface area contributed by atoms with Gasteiger partial charge in [0.15, 0.2) is 5.78 Å². The molecule has 1 heterocycles. The minimum Gasteiger partial charge on any atom is -0.346 e. The summed E-state index contributed by atoms with van der Waals surface area (Å²) < 4.78 is 2.27. The number of aromatic nitrogens is 1. The number of hydrogen-bond acceptors (Lipinski definition) is 1. The largest absolute Gasteiger partial charge is 0.346 e. The summed E-state index contributed by atoms with van der Waals surface area (Å²) in [6.07, 6.45) is 4.62. The van der Waals surface area contributed by atoms with Crippen LogP contribution < -0.4 is 0 Å². The van der Waals surface area contributed by atoms with Gasteiger partial charge in [0.1, 0.15) is 0 Å². The van der Waals surface area contributed by atoms with E-state index in [1.165, 1.54) is 18.5 Å². The molecule has 0 unspecified atom stereocenters. The van der Waals surface area contributed by atoms with Gasteiger partial charge >= 0.3 is 0 Å². The molecule has 0 amide bonds. The summed E-state index contributed by atoms with van der Waals surface area (Å²) in [6, 6.07) is 2.51. The van der Waals surface area contributed by atoms with Gasteiger partial charge in [-0.05, 0) is 46.6 Å². The summed E-state index contributed by atoms with van der Waals surface area (Å²) >= 11 is 0. The molecule has 0 spiro atoms. The fraction of sp³-hybridized carbons (Fsp3) is 0.667. The van der Waals surface area contributed by atoms with Crippen LogP contribution in [-0.4, -0.2) is 10.4 Å². The normalized spacial score (nSPS) is 17.0. The van der Waals surface area contributed by atoms with Gasteiger partial charge in [-0.1, -0.05) is 12.8 Å². The molecule has 1 saturated carbocycles.